The average molecular weight is 376 g/mol. The first kappa shape index (κ1) is 19.8. The van der Waals surface area contributed by atoms with Crippen LogP contribution in [0.4, 0.5) is 5.69 Å². The number of halogens is 1. The molecule has 0 aliphatic rings. The van der Waals surface area contributed by atoms with Crippen LogP contribution in [0.1, 0.15) is 23.1 Å². The van der Waals surface area contributed by atoms with E-state index in [1.54, 1.807) is 13.2 Å². The summed E-state index contributed by atoms with van der Waals surface area (Å²) in [5.74, 6) is -0.0857. The Morgan fingerprint density at radius 3 is 2.42 bits per heavy atom. The Hall–Kier alpha value is -2.53. The van der Waals surface area contributed by atoms with Gasteiger partial charge in [-0.05, 0) is 55.2 Å². The molecule has 6 heteroatoms. The molecule has 0 aliphatic carbocycles. The smallest absolute Gasteiger partial charge is 0.306 e. The summed E-state index contributed by atoms with van der Waals surface area (Å²) in [6.45, 7) is 3.44. The van der Waals surface area contributed by atoms with Crippen LogP contribution < -0.4 is 10.1 Å². The molecule has 1 amide bonds. The Kier molecular flexibility index (Phi) is 7.04. The normalized spacial score (nSPS) is 10.3. The summed E-state index contributed by atoms with van der Waals surface area (Å²) in [6, 6.07) is 11.1. The second-order valence-corrected chi connectivity index (χ2v) is 6.40. The first-order valence-corrected chi connectivity index (χ1v) is 8.62. The van der Waals surface area contributed by atoms with E-state index in [0.717, 1.165) is 22.4 Å². The first-order chi connectivity index (χ1) is 12.4. The molecule has 0 aliphatic heterocycles. The van der Waals surface area contributed by atoms with Gasteiger partial charge in [0.1, 0.15) is 5.75 Å². The van der Waals surface area contributed by atoms with Crippen LogP contribution in [0.5, 0.6) is 5.75 Å². The third-order valence-corrected chi connectivity index (χ3v) is 4.14. The molecule has 0 aromatic heterocycles. The monoisotopic (exact) mass is 375 g/mol. The van der Waals surface area contributed by atoms with Crippen molar-refractivity contribution in [3.05, 3.63) is 58.1 Å². The summed E-state index contributed by atoms with van der Waals surface area (Å²) >= 11 is 6.15. The topological polar surface area (TPSA) is 64.6 Å². The Labute approximate surface area is 158 Å². The number of esters is 1. The summed E-state index contributed by atoms with van der Waals surface area (Å²) in [5.41, 5.74) is 3.40. The fourth-order valence-electron chi connectivity index (χ4n) is 2.51. The van der Waals surface area contributed by atoms with E-state index in [-0.39, 0.29) is 13.0 Å². The highest BCUT2D eigenvalue weighted by Gasteiger charge is 2.12. The van der Waals surface area contributed by atoms with Crippen LogP contribution in [0, 0.1) is 13.8 Å². The molecule has 1 N–H and O–H groups in total. The van der Waals surface area contributed by atoms with Gasteiger partial charge in [0.05, 0.1) is 17.8 Å². The minimum absolute atomic E-state index is 0.198. The molecule has 2 rings (SSSR count). The van der Waals surface area contributed by atoms with Crippen LogP contribution in [-0.4, -0.2) is 25.6 Å². The molecule has 0 unspecified atom stereocenters. The molecule has 0 atom stereocenters. The molecule has 138 valence electrons. The average Bonchev–Trinajstić information content (AvgIpc) is 2.61. The molecule has 0 saturated heterocycles. The van der Waals surface area contributed by atoms with E-state index < -0.39 is 11.9 Å². The highest BCUT2D eigenvalue weighted by atomic mass is 35.5. The van der Waals surface area contributed by atoms with Gasteiger partial charge in [-0.15, -0.1) is 0 Å². The number of methoxy groups -OCH3 is 1. The summed E-state index contributed by atoms with van der Waals surface area (Å²) in [6.07, 6.45) is 0.733. The molecular weight excluding hydrogens is 354 g/mol. The van der Waals surface area contributed by atoms with E-state index >= 15 is 0 Å². The van der Waals surface area contributed by atoms with Gasteiger partial charge in [0, 0.05) is 6.42 Å². The maximum absolute atomic E-state index is 12.0. The third kappa shape index (κ3) is 5.77. The zero-order valence-corrected chi connectivity index (χ0v) is 15.9. The van der Waals surface area contributed by atoms with Crippen LogP contribution in [0.25, 0.3) is 0 Å². The second-order valence-electron chi connectivity index (χ2n) is 6.00. The highest BCUT2D eigenvalue weighted by molar-refractivity contribution is 6.34. The Morgan fingerprint density at radius 2 is 1.81 bits per heavy atom. The van der Waals surface area contributed by atoms with Crippen molar-refractivity contribution in [1.82, 2.24) is 0 Å². The summed E-state index contributed by atoms with van der Waals surface area (Å²) in [5, 5.41) is 3.15. The minimum Gasteiger partial charge on any atom is -0.497 e. The van der Waals surface area contributed by atoms with Gasteiger partial charge in [0.25, 0.3) is 5.91 Å². The lowest BCUT2D eigenvalue weighted by atomic mass is 10.1. The number of aryl methyl sites for hydroxylation is 3. The number of hydrogen-bond donors (Lipinski definition) is 1. The predicted molar refractivity (Wildman–Crippen MR) is 102 cm³/mol. The van der Waals surface area contributed by atoms with Crippen molar-refractivity contribution in [3.8, 4) is 5.75 Å². The number of nitrogens with one attached hydrogen (secondary N) is 1. The van der Waals surface area contributed by atoms with Gasteiger partial charge in [-0.3, -0.25) is 9.59 Å². The van der Waals surface area contributed by atoms with Gasteiger partial charge in [-0.25, -0.2) is 0 Å². The fraction of sp³-hybridized carbons (Fsp3) is 0.300. The third-order valence-electron chi connectivity index (χ3n) is 3.84. The lowest BCUT2D eigenvalue weighted by molar-refractivity contribution is -0.147. The highest BCUT2D eigenvalue weighted by Crippen LogP contribution is 2.27. The number of carbonyl (C=O) groups excluding carboxylic acids is 2. The van der Waals surface area contributed by atoms with Crippen LogP contribution in [-0.2, 0) is 20.7 Å². The van der Waals surface area contributed by atoms with Gasteiger partial charge in [-0.1, -0.05) is 29.8 Å². The number of anilines is 1. The standard InChI is InChI=1S/C20H22ClNO4/c1-13-10-14(2)20(17(21)11-13)22-18(23)12-26-19(24)9-6-15-4-7-16(25-3)8-5-15/h4-5,7-8,10-11H,6,9,12H2,1-3H3,(H,22,23). The zero-order chi connectivity index (χ0) is 19.1. The van der Waals surface area contributed by atoms with Gasteiger partial charge in [0.2, 0.25) is 0 Å². The maximum Gasteiger partial charge on any atom is 0.306 e. The van der Waals surface area contributed by atoms with Gasteiger partial charge < -0.3 is 14.8 Å². The molecule has 5 nitrogen and oxygen atoms in total. The quantitative estimate of drug-likeness (QED) is 0.740. The number of hydrogen-bond acceptors (Lipinski definition) is 4. The molecule has 2 aromatic rings. The number of carbonyl (C=O) groups is 2. The van der Waals surface area contributed by atoms with Crippen molar-refractivity contribution >= 4 is 29.2 Å². The van der Waals surface area contributed by atoms with Crippen molar-refractivity contribution < 1.29 is 19.1 Å². The molecular formula is C20H22ClNO4. The molecule has 0 bridgehead atoms. The lowest BCUT2D eigenvalue weighted by Gasteiger charge is -2.12. The molecule has 0 spiro atoms. The van der Waals surface area contributed by atoms with Gasteiger partial charge in [-0.2, -0.15) is 0 Å². The fourth-order valence-corrected chi connectivity index (χ4v) is 2.87. The number of rotatable bonds is 7. The van der Waals surface area contributed by atoms with Crippen molar-refractivity contribution in [3.63, 3.8) is 0 Å². The summed E-state index contributed by atoms with van der Waals surface area (Å²) in [4.78, 5) is 23.8. The lowest BCUT2D eigenvalue weighted by Crippen LogP contribution is -2.21. The van der Waals surface area contributed by atoms with E-state index in [4.69, 9.17) is 21.1 Å². The second kappa shape index (κ2) is 9.25. The number of ether oxygens (including phenoxy) is 2. The SMILES string of the molecule is COc1ccc(CCC(=O)OCC(=O)Nc2c(C)cc(C)cc2Cl)cc1. The largest absolute Gasteiger partial charge is 0.497 e. The Bertz CT molecular complexity index is 764. The molecule has 0 saturated carbocycles. The minimum atomic E-state index is -0.428. The number of amides is 1. The van der Waals surface area contributed by atoms with E-state index in [0.29, 0.717) is 17.1 Å². The first-order valence-electron chi connectivity index (χ1n) is 8.24. The zero-order valence-electron chi connectivity index (χ0n) is 15.1. The van der Waals surface area contributed by atoms with Crippen LogP contribution in [0.3, 0.4) is 0 Å². The van der Waals surface area contributed by atoms with Gasteiger partial charge in [0.15, 0.2) is 6.61 Å². The van der Waals surface area contributed by atoms with Crippen LogP contribution in [0.2, 0.25) is 5.02 Å². The van der Waals surface area contributed by atoms with E-state index in [9.17, 15) is 9.59 Å². The summed E-state index contributed by atoms with van der Waals surface area (Å²) < 4.78 is 10.1. The van der Waals surface area contributed by atoms with Crippen molar-refractivity contribution in [1.29, 1.82) is 0 Å². The van der Waals surface area contributed by atoms with E-state index in [1.807, 2.05) is 44.2 Å². The maximum atomic E-state index is 12.0. The summed E-state index contributed by atoms with van der Waals surface area (Å²) in [7, 11) is 1.60. The molecule has 0 fully saturated rings. The van der Waals surface area contributed by atoms with Crippen molar-refractivity contribution in [2.75, 3.05) is 19.0 Å². The van der Waals surface area contributed by atoms with Crippen LogP contribution in [0.15, 0.2) is 36.4 Å². The van der Waals surface area contributed by atoms with Crippen LogP contribution >= 0.6 is 11.6 Å². The molecule has 2 aromatic carbocycles. The van der Waals surface area contributed by atoms with Crippen molar-refractivity contribution in [2.45, 2.75) is 26.7 Å². The predicted octanol–water partition coefficient (Wildman–Crippen LogP) is 4.08. The molecule has 0 heterocycles. The molecule has 26 heavy (non-hydrogen) atoms. The Morgan fingerprint density at radius 1 is 1.12 bits per heavy atom. The number of benzene rings is 2. The van der Waals surface area contributed by atoms with E-state index in [2.05, 4.69) is 5.32 Å². The Balaban J connectivity index is 1.78. The van der Waals surface area contributed by atoms with E-state index in [1.165, 1.54) is 0 Å². The molecule has 0 radical (unpaired) electrons. The van der Waals surface area contributed by atoms with Gasteiger partial charge >= 0.3 is 5.97 Å². The van der Waals surface area contributed by atoms with Crippen molar-refractivity contribution in [2.24, 2.45) is 0 Å².